The Morgan fingerprint density at radius 1 is 1.09 bits per heavy atom. The molecule has 23 heavy (non-hydrogen) atoms. The molecule has 1 aliphatic carbocycles. The molecular weight excluding hydrogens is 327 g/mol. The molecule has 1 aliphatic heterocycles. The van der Waals surface area contributed by atoms with E-state index in [0.717, 1.165) is 17.7 Å². The fourth-order valence-electron chi connectivity index (χ4n) is 3.81. The van der Waals surface area contributed by atoms with Crippen molar-refractivity contribution in [3.8, 4) is 6.07 Å². The van der Waals surface area contributed by atoms with Crippen LogP contribution in [0.3, 0.4) is 0 Å². The van der Waals surface area contributed by atoms with E-state index in [9.17, 15) is 5.26 Å². The van der Waals surface area contributed by atoms with Gasteiger partial charge in [0.15, 0.2) is 0 Å². The van der Waals surface area contributed by atoms with Crippen molar-refractivity contribution >= 4 is 28.9 Å². The molecule has 2 aromatic rings. The van der Waals surface area contributed by atoms with Crippen LogP contribution in [0.15, 0.2) is 48.6 Å². The van der Waals surface area contributed by atoms with Gasteiger partial charge in [-0.05, 0) is 36.1 Å². The quantitative estimate of drug-likeness (QED) is 0.676. The molecule has 4 heteroatoms. The van der Waals surface area contributed by atoms with Gasteiger partial charge in [0.05, 0.1) is 17.3 Å². The van der Waals surface area contributed by atoms with Gasteiger partial charge in [-0.25, -0.2) is 0 Å². The van der Waals surface area contributed by atoms with Gasteiger partial charge in [-0.1, -0.05) is 53.6 Å². The second-order valence-corrected chi connectivity index (χ2v) is 6.81. The minimum Gasteiger partial charge on any atom is -0.376 e. The first-order valence-corrected chi connectivity index (χ1v) is 8.36. The molecule has 0 bridgehead atoms. The summed E-state index contributed by atoms with van der Waals surface area (Å²) in [5, 5.41) is 14.3. The Bertz CT molecular complexity index is 831. The summed E-state index contributed by atoms with van der Waals surface area (Å²) >= 11 is 12.9. The highest BCUT2D eigenvalue weighted by Crippen LogP contribution is 2.52. The zero-order valence-corrected chi connectivity index (χ0v) is 13.8. The van der Waals surface area contributed by atoms with E-state index < -0.39 is 0 Å². The van der Waals surface area contributed by atoms with Crippen LogP contribution in [0.1, 0.15) is 35.1 Å². The lowest BCUT2D eigenvalue weighted by molar-refractivity contribution is 0.425. The van der Waals surface area contributed by atoms with Crippen LogP contribution in [0.2, 0.25) is 10.0 Å². The predicted octanol–water partition coefficient (Wildman–Crippen LogP) is 5.69. The molecule has 3 unspecified atom stereocenters. The van der Waals surface area contributed by atoms with Gasteiger partial charge in [-0.2, -0.15) is 5.26 Å². The Hall–Kier alpha value is -1.95. The summed E-state index contributed by atoms with van der Waals surface area (Å²) in [5.41, 5.74) is 3.67. The summed E-state index contributed by atoms with van der Waals surface area (Å²) in [7, 11) is 0. The molecule has 114 valence electrons. The number of nitriles is 1. The Kier molecular flexibility index (Phi) is 3.56. The molecule has 2 aliphatic rings. The Morgan fingerprint density at radius 2 is 1.83 bits per heavy atom. The van der Waals surface area contributed by atoms with Crippen molar-refractivity contribution in [2.24, 2.45) is 5.92 Å². The zero-order chi connectivity index (χ0) is 16.0. The first-order valence-electron chi connectivity index (χ1n) is 7.61. The summed E-state index contributed by atoms with van der Waals surface area (Å²) in [4.78, 5) is 0. The van der Waals surface area contributed by atoms with E-state index in [4.69, 9.17) is 23.2 Å². The third kappa shape index (κ3) is 2.24. The number of anilines is 1. The summed E-state index contributed by atoms with van der Waals surface area (Å²) in [6.07, 6.45) is 5.42. The molecule has 0 saturated heterocycles. The highest BCUT2D eigenvalue weighted by atomic mass is 35.5. The van der Waals surface area contributed by atoms with E-state index in [-0.39, 0.29) is 12.0 Å². The van der Waals surface area contributed by atoms with Crippen molar-refractivity contribution in [2.75, 3.05) is 5.32 Å². The van der Waals surface area contributed by atoms with Crippen LogP contribution < -0.4 is 5.32 Å². The van der Waals surface area contributed by atoms with Crippen LogP contribution in [0.4, 0.5) is 5.69 Å². The van der Waals surface area contributed by atoms with Crippen molar-refractivity contribution < 1.29 is 0 Å². The molecule has 0 saturated carbocycles. The van der Waals surface area contributed by atoms with Gasteiger partial charge in [0.1, 0.15) is 6.07 Å². The number of hydrogen-bond acceptors (Lipinski definition) is 2. The van der Waals surface area contributed by atoms with E-state index in [1.807, 2.05) is 30.3 Å². The first kappa shape index (κ1) is 14.6. The number of hydrogen-bond donors (Lipinski definition) is 1. The third-order valence-electron chi connectivity index (χ3n) is 4.83. The highest BCUT2D eigenvalue weighted by molar-refractivity contribution is 6.36. The molecule has 0 spiro atoms. The Morgan fingerprint density at radius 3 is 2.57 bits per heavy atom. The van der Waals surface area contributed by atoms with Crippen LogP contribution in [-0.2, 0) is 0 Å². The molecule has 1 N–H and O–H groups in total. The normalized spacial score (nSPS) is 24.5. The average molecular weight is 341 g/mol. The molecule has 0 radical (unpaired) electrons. The summed E-state index contributed by atoms with van der Waals surface area (Å²) < 4.78 is 0. The summed E-state index contributed by atoms with van der Waals surface area (Å²) in [6, 6.07) is 13.8. The number of halogens is 2. The third-order valence-corrected chi connectivity index (χ3v) is 5.49. The molecule has 0 aromatic heterocycles. The standard InChI is InChI=1S/C19H14Cl2N2/c20-15-8-3-9-16(21)17(15)19-14-7-2-5-12(14)13-6-1-4-11(10-22)18(13)23-19/h1-6,8-9,12,14,19,23H,7H2. The van der Waals surface area contributed by atoms with Gasteiger partial charge in [-0.3, -0.25) is 0 Å². The van der Waals surface area contributed by atoms with E-state index in [1.165, 1.54) is 5.56 Å². The Balaban J connectivity index is 1.90. The van der Waals surface area contributed by atoms with Crippen molar-refractivity contribution in [3.05, 3.63) is 75.3 Å². The largest absolute Gasteiger partial charge is 0.376 e. The minimum atomic E-state index is -0.00167. The van der Waals surface area contributed by atoms with Gasteiger partial charge in [0, 0.05) is 21.5 Å². The summed E-state index contributed by atoms with van der Waals surface area (Å²) in [6.45, 7) is 0. The molecule has 1 heterocycles. The fourth-order valence-corrected chi connectivity index (χ4v) is 4.44. The van der Waals surface area contributed by atoms with Gasteiger partial charge in [0.2, 0.25) is 0 Å². The first-order chi connectivity index (χ1) is 11.2. The van der Waals surface area contributed by atoms with E-state index in [0.29, 0.717) is 21.5 Å². The van der Waals surface area contributed by atoms with Crippen LogP contribution in [-0.4, -0.2) is 0 Å². The molecule has 3 atom stereocenters. The summed E-state index contributed by atoms with van der Waals surface area (Å²) in [5.74, 6) is 0.644. The SMILES string of the molecule is N#Cc1cccc2c1NC(c1c(Cl)cccc1Cl)C1CC=CC21. The van der Waals surface area contributed by atoms with E-state index in [1.54, 1.807) is 0 Å². The lowest BCUT2D eigenvalue weighted by Crippen LogP contribution is -2.30. The lowest BCUT2D eigenvalue weighted by Gasteiger charge is -2.38. The van der Waals surface area contributed by atoms with E-state index in [2.05, 4.69) is 29.6 Å². The Labute approximate surface area is 145 Å². The van der Waals surface area contributed by atoms with Gasteiger partial charge >= 0.3 is 0 Å². The second kappa shape index (κ2) is 5.60. The number of nitrogens with zero attached hydrogens (tertiary/aromatic N) is 1. The van der Waals surface area contributed by atoms with Crippen LogP contribution in [0.5, 0.6) is 0 Å². The zero-order valence-electron chi connectivity index (χ0n) is 12.3. The number of nitrogens with one attached hydrogen (secondary N) is 1. The van der Waals surface area contributed by atoms with Crippen LogP contribution in [0.25, 0.3) is 0 Å². The van der Waals surface area contributed by atoms with Crippen LogP contribution in [0, 0.1) is 17.2 Å². The fraction of sp³-hybridized carbons (Fsp3) is 0.211. The maximum Gasteiger partial charge on any atom is 0.101 e. The maximum atomic E-state index is 9.44. The lowest BCUT2D eigenvalue weighted by atomic mass is 9.76. The number of benzene rings is 2. The number of allylic oxidation sites excluding steroid dienone is 2. The van der Waals surface area contributed by atoms with Crippen molar-refractivity contribution in [1.82, 2.24) is 0 Å². The molecule has 2 nitrogen and oxygen atoms in total. The van der Waals surface area contributed by atoms with Crippen molar-refractivity contribution in [1.29, 1.82) is 5.26 Å². The minimum absolute atomic E-state index is 0.00167. The number of fused-ring (bicyclic) bond motifs is 3. The smallest absolute Gasteiger partial charge is 0.101 e. The number of para-hydroxylation sites is 1. The van der Waals surface area contributed by atoms with Gasteiger partial charge < -0.3 is 5.32 Å². The molecule has 2 aromatic carbocycles. The van der Waals surface area contributed by atoms with Crippen molar-refractivity contribution in [3.63, 3.8) is 0 Å². The maximum absolute atomic E-state index is 9.44. The molecule has 0 amide bonds. The average Bonchev–Trinajstić information content (AvgIpc) is 3.04. The number of rotatable bonds is 1. The van der Waals surface area contributed by atoms with Crippen LogP contribution >= 0.6 is 23.2 Å². The van der Waals surface area contributed by atoms with Gasteiger partial charge in [0.25, 0.3) is 0 Å². The van der Waals surface area contributed by atoms with E-state index >= 15 is 0 Å². The predicted molar refractivity (Wildman–Crippen MR) is 94.0 cm³/mol. The topological polar surface area (TPSA) is 35.8 Å². The molecular formula is C19H14Cl2N2. The van der Waals surface area contributed by atoms with Gasteiger partial charge in [-0.15, -0.1) is 0 Å². The molecule has 0 fully saturated rings. The monoisotopic (exact) mass is 340 g/mol. The second-order valence-electron chi connectivity index (χ2n) is 5.99. The highest BCUT2D eigenvalue weighted by Gasteiger charge is 2.40. The van der Waals surface area contributed by atoms with Crippen molar-refractivity contribution in [2.45, 2.75) is 18.4 Å². The molecule has 4 rings (SSSR count).